The van der Waals surface area contributed by atoms with E-state index in [1.807, 2.05) is 4.90 Å². The van der Waals surface area contributed by atoms with Crippen LogP contribution < -0.4 is 10.2 Å². The number of anilines is 1. The zero-order valence-electron chi connectivity index (χ0n) is 13.6. The van der Waals surface area contributed by atoms with Crippen LogP contribution in [0.2, 0.25) is 0 Å². The monoisotopic (exact) mass is 385 g/mol. The fraction of sp³-hybridized carbons (Fsp3) is 0.857. The van der Waals surface area contributed by atoms with Crippen LogP contribution in [0.5, 0.6) is 0 Å². The second-order valence-corrected chi connectivity index (χ2v) is 7.70. The summed E-state index contributed by atoms with van der Waals surface area (Å²) in [4.78, 5) is 4.36. The summed E-state index contributed by atoms with van der Waals surface area (Å²) in [7, 11) is 0. The van der Waals surface area contributed by atoms with E-state index in [9.17, 15) is 13.2 Å². The Hall–Kier alpha value is -0.640. The van der Waals surface area contributed by atoms with Crippen LogP contribution in [-0.2, 0) is 6.18 Å². The van der Waals surface area contributed by atoms with Gasteiger partial charge in [0, 0.05) is 32.7 Å². The number of aromatic nitrogens is 2. The summed E-state index contributed by atoms with van der Waals surface area (Å²) in [5.41, 5.74) is 0.307. The van der Waals surface area contributed by atoms with Gasteiger partial charge < -0.3 is 15.1 Å². The molecule has 1 aromatic heterocycles. The van der Waals surface area contributed by atoms with Gasteiger partial charge in [0.05, 0.1) is 0 Å². The van der Waals surface area contributed by atoms with Gasteiger partial charge in [-0.3, -0.25) is 0 Å². The van der Waals surface area contributed by atoms with Crippen molar-refractivity contribution in [3.05, 3.63) is 5.01 Å². The predicted molar refractivity (Wildman–Crippen MR) is 91.0 cm³/mol. The Bertz CT molecular complexity index is 533. The van der Waals surface area contributed by atoms with Crippen molar-refractivity contribution in [1.29, 1.82) is 0 Å². The topological polar surface area (TPSA) is 44.3 Å². The second kappa shape index (κ2) is 7.72. The van der Waals surface area contributed by atoms with E-state index in [1.54, 1.807) is 0 Å². The Balaban J connectivity index is 0.00000208. The molecule has 0 aliphatic carbocycles. The van der Waals surface area contributed by atoms with E-state index < -0.39 is 11.2 Å². The maximum Gasteiger partial charge on any atom is 0.445 e. The fourth-order valence-electron chi connectivity index (χ4n) is 3.32. The number of hydrogen-bond acceptors (Lipinski definition) is 6. The standard InChI is InChI=1S/C14H22F3N5S.ClH/c1-13(3-4-18-9-13)10-21-5-2-6-22(8-7-21)12-20-19-11(23-12)14(15,16)17;/h18H,2-10H2,1H3;1H. The zero-order chi connectivity index (χ0) is 16.5. The van der Waals surface area contributed by atoms with E-state index in [2.05, 4.69) is 27.3 Å². The summed E-state index contributed by atoms with van der Waals surface area (Å²) in [6.45, 7) is 8.73. The lowest BCUT2D eigenvalue weighted by Crippen LogP contribution is -2.39. The maximum atomic E-state index is 12.7. The first kappa shape index (κ1) is 19.7. The Morgan fingerprint density at radius 1 is 1.21 bits per heavy atom. The van der Waals surface area contributed by atoms with Crippen molar-refractivity contribution in [3.8, 4) is 0 Å². The lowest BCUT2D eigenvalue weighted by Gasteiger charge is -2.31. The van der Waals surface area contributed by atoms with Gasteiger partial charge in [-0.1, -0.05) is 18.3 Å². The molecule has 1 unspecified atom stereocenters. The molecule has 2 saturated heterocycles. The molecule has 24 heavy (non-hydrogen) atoms. The Morgan fingerprint density at radius 3 is 2.62 bits per heavy atom. The summed E-state index contributed by atoms with van der Waals surface area (Å²) in [5, 5.41) is 9.95. The van der Waals surface area contributed by atoms with Crippen LogP contribution in [0.25, 0.3) is 0 Å². The molecular formula is C14H23ClF3N5S. The van der Waals surface area contributed by atoms with Gasteiger partial charge in [-0.15, -0.1) is 22.6 Å². The maximum absolute atomic E-state index is 12.7. The summed E-state index contributed by atoms with van der Waals surface area (Å²) in [6.07, 6.45) is -2.29. The number of hydrogen-bond donors (Lipinski definition) is 1. The third kappa shape index (κ3) is 4.71. The van der Waals surface area contributed by atoms with Crippen molar-refractivity contribution >= 4 is 28.9 Å². The van der Waals surface area contributed by atoms with Gasteiger partial charge in [-0.25, -0.2) is 0 Å². The van der Waals surface area contributed by atoms with Gasteiger partial charge in [0.1, 0.15) is 0 Å². The minimum atomic E-state index is -4.40. The number of alkyl halides is 3. The molecule has 3 rings (SSSR count). The molecule has 0 amide bonds. The highest BCUT2D eigenvalue weighted by Gasteiger charge is 2.36. The number of rotatable bonds is 3. The van der Waals surface area contributed by atoms with Crippen LogP contribution in [0.3, 0.4) is 0 Å². The first-order valence-corrected chi connectivity index (χ1v) is 8.76. The molecule has 0 radical (unpaired) electrons. The molecule has 10 heteroatoms. The third-order valence-corrected chi connectivity index (χ3v) is 5.61. The van der Waals surface area contributed by atoms with Gasteiger partial charge in [0.25, 0.3) is 0 Å². The quantitative estimate of drug-likeness (QED) is 0.866. The van der Waals surface area contributed by atoms with Crippen LogP contribution in [0.1, 0.15) is 24.8 Å². The van der Waals surface area contributed by atoms with Crippen LogP contribution in [0.15, 0.2) is 0 Å². The largest absolute Gasteiger partial charge is 0.445 e. The lowest BCUT2D eigenvalue weighted by atomic mass is 9.89. The van der Waals surface area contributed by atoms with Crippen molar-refractivity contribution in [1.82, 2.24) is 20.4 Å². The zero-order valence-corrected chi connectivity index (χ0v) is 15.2. The summed E-state index contributed by atoms with van der Waals surface area (Å²) in [6, 6.07) is 0. The van der Waals surface area contributed by atoms with Crippen LogP contribution >= 0.6 is 23.7 Å². The summed E-state index contributed by atoms with van der Waals surface area (Å²) in [5.74, 6) is 0. The summed E-state index contributed by atoms with van der Waals surface area (Å²) < 4.78 is 38.0. The lowest BCUT2D eigenvalue weighted by molar-refractivity contribution is -0.138. The van der Waals surface area contributed by atoms with E-state index in [4.69, 9.17) is 0 Å². The van der Waals surface area contributed by atoms with E-state index in [-0.39, 0.29) is 12.4 Å². The first-order valence-electron chi connectivity index (χ1n) is 7.94. The molecule has 2 fully saturated rings. The highest BCUT2D eigenvalue weighted by atomic mass is 35.5. The molecule has 5 nitrogen and oxygen atoms in total. The van der Waals surface area contributed by atoms with Gasteiger partial charge in [-0.2, -0.15) is 13.2 Å². The van der Waals surface area contributed by atoms with E-state index in [0.29, 0.717) is 28.4 Å². The SMILES string of the molecule is CC1(CN2CCCN(c3nnc(C(F)(F)F)s3)CC2)CCNC1.Cl. The average Bonchev–Trinajstić information content (AvgIpc) is 3.06. The molecule has 0 bridgehead atoms. The molecular weight excluding hydrogens is 363 g/mol. The predicted octanol–water partition coefficient (Wildman–Crippen LogP) is 2.49. The number of nitrogens with one attached hydrogen (secondary N) is 1. The highest BCUT2D eigenvalue weighted by Crippen LogP contribution is 2.34. The van der Waals surface area contributed by atoms with E-state index >= 15 is 0 Å². The Labute approximate surface area is 150 Å². The molecule has 1 atom stereocenters. The first-order chi connectivity index (χ1) is 10.9. The Kier molecular flexibility index (Phi) is 6.33. The molecule has 2 aliphatic heterocycles. The highest BCUT2D eigenvalue weighted by molar-refractivity contribution is 7.15. The van der Waals surface area contributed by atoms with E-state index in [0.717, 1.165) is 45.7 Å². The number of nitrogens with zero attached hydrogens (tertiary/aromatic N) is 4. The smallest absolute Gasteiger partial charge is 0.345 e. The van der Waals surface area contributed by atoms with Gasteiger partial charge in [-0.05, 0) is 31.3 Å². The van der Waals surface area contributed by atoms with E-state index in [1.165, 1.54) is 6.42 Å². The van der Waals surface area contributed by atoms with Crippen LogP contribution in [0.4, 0.5) is 18.3 Å². The van der Waals surface area contributed by atoms with Gasteiger partial charge in [0.15, 0.2) is 0 Å². The molecule has 1 aromatic rings. The second-order valence-electron chi connectivity index (χ2n) is 6.74. The minimum Gasteiger partial charge on any atom is -0.345 e. The van der Waals surface area contributed by atoms with Crippen LogP contribution in [0, 0.1) is 5.41 Å². The van der Waals surface area contributed by atoms with Crippen molar-refractivity contribution in [2.24, 2.45) is 5.41 Å². The molecule has 2 aliphatic rings. The number of halogens is 4. The Morgan fingerprint density at radius 2 is 2.00 bits per heavy atom. The summed E-state index contributed by atoms with van der Waals surface area (Å²) >= 11 is 0.639. The third-order valence-electron chi connectivity index (χ3n) is 4.58. The molecule has 0 aromatic carbocycles. The molecule has 138 valence electrons. The normalized spacial score (nSPS) is 26.2. The fourth-order valence-corrected chi connectivity index (χ4v) is 4.09. The van der Waals surface area contributed by atoms with Gasteiger partial charge in [0.2, 0.25) is 10.1 Å². The van der Waals surface area contributed by atoms with Crippen molar-refractivity contribution < 1.29 is 13.2 Å². The van der Waals surface area contributed by atoms with Crippen molar-refractivity contribution in [2.45, 2.75) is 25.9 Å². The van der Waals surface area contributed by atoms with Crippen molar-refractivity contribution in [3.63, 3.8) is 0 Å². The molecule has 0 spiro atoms. The van der Waals surface area contributed by atoms with Gasteiger partial charge >= 0.3 is 6.18 Å². The van der Waals surface area contributed by atoms with Crippen molar-refractivity contribution in [2.75, 3.05) is 50.7 Å². The average molecular weight is 386 g/mol. The molecule has 3 heterocycles. The van der Waals surface area contributed by atoms with Crippen LogP contribution in [-0.4, -0.2) is 60.9 Å². The molecule has 1 N–H and O–H groups in total. The molecule has 0 saturated carbocycles. The minimum absolute atomic E-state index is 0.